The van der Waals surface area contributed by atoms with Gasteiger partial charge in [0.15, 0.2) is 0 Å². The predicted molar refractivity (Wildman–Crippen MR) is 71.1 cm³/mol. The van der Waals surface area contributed by atoms with E-state index in [0.717, 1.165) is 12.8 Å². The molecule has 1 unspecified atom stereocenters. The molecule has 1 amide bonds. The fourth-order valence-electron chi connectivity index (χ4n) is 2.03. The number of carbonyl (C=O) groups excluding carboxylic acids is 1. The lowest BCUT2D eigenvalue weighted by molar-refractivity contribution is -0.144. The molecule has 0 aromatic carbocycles. The summed E-state index contributed by atoms with van der Waals surface area (Å²) in [4.78, 5) is 23.9. The van der Waals surface area contributed by atoms with Crippen molar-refractivity contribution in [3.8, 4) is 0 Å². The fraction of sp³-hybridized carbons (Fsp3) is 0.846. The zero-order valence-electron chi connectivity index (χ0n) is 11.7. The zero-order valence-corrected chi connectivity index (χ0v) is 11.7. The maximum atomic E-state index is 11.9. The average molecular weight is 258 g/mol. The van der Waals surface area contributed by atoms with E-state index < -0.39 is 5.97 Å². The summed E-state index contributed by atoms with van der Waals surface area (Å²) in [6.07, 6.45) is 2.10. The summed E-state index contributed by atoms with van der Waals surface area (Å²) in [5.41, 5.74) is 5.55. The van der Waals surface area contributed by atoms with E-state index in [0.29, 0.717) is 31.3 Å². The molecule has 106 valence electrons. The molecular formula is C13H26N2O3. The molecule has 0 heterocycles. The first-order valence-corrected chi connectivity index (χ1v) is 6.61. The average Bonchev–Trinajstić information content (AvgIpc) is 2.30. The highest BCUT2D eigenvalue weighted by Gasteiger charge is 2.18. The Morgan fingerprint density at radius 2 is 1.89 bits per heavy atom. The van der Waals surface area contributed by atoms with Crippen LogP contribution in [0.5, 0.6) is 0 Å². The number of amides is 1. The summed E-state index contributed by atoms with van der Waals surface area (Å²) < 4.78 is 0. The van der Waals surface area contributed by atoms with Gasteiger partial charge in [0.1, 0.15) is 6.54 Å². The van der Waals surface area contributed by atoms with Crippen molar-refractivity contribution in [2.75, 3.05) is 19.6 Å². The second-order valence-electron chi connectivity index (χ2n) is 4.92. The van der Waals surface area contributed by atoms with Crippen molar-refractivity contribution in [3.05, 3.63) is 0 Å². The topological polar surface area (TPSA) is 83.6 Å². The molecule has 5 nitrogen and oxygen atoms in total. The van der Waals surface area contributed by atoms with Gasteiger partial charge in [-0.25, -0.2) is 0 Å². The van der Waals surface area contributed by atoms with E-state index in [1.165, 1.54) is 4.90 Å². The summed E-state index contributed by atoms with van der Waals surface area (Å²) in [5.74, 6) is -0.117. The standard InChI is InChI=1S/C13H26N2O3/c1-4-15(9-13(17)18)12(16)6-5-11(7-8-14)10(2)3/h10-11H,4-9,14H2,1-3H3,(H,17,18). The number of aliphatic carboxylic acids is 1. The van der Waals surface area contributed by atoms with Gasteiger partial charge in [-0.1, -0.05) is 13.8 Å². The number of hydrogen-bond acceptors (Lipinski definition) is 3. The van der Waals surface area contributed by atoms with Crippen LogP contribution in [0.2, 0.25) is 0 Å². The van der Waals surface area contributed by atoms with Crippen LogP contribution < -0.4 is 5.73 Å². The molecule has 18 heavy (non-hydrogen) atoms. The first-order chi connectivity index (χ1) is 8.42. The van der Waals surface area contributed by atoms with Gasteiger partial charge in [-0.3, -0.25) is 9.59 Å². The Hall–Kier alpha value is -1.10. The first kappa shape index (κ1) is 16.9. The third kappa shape index (κ3) is 6.59. The molecule has 0 aliphatic heterocycles. The van der Waals surface area contributed by atoms with Crippen molar-refractivity contribution in [3.63, 3.8) is 0 Å². The zero-order chi connectivity index (χ0) is 14.1. The maximum Gasteiger partial charge on any atom is 0.323 e. The predicted octanol–water partition coefficient (Wildman–Crippen LogP) is 1.32. The summed E-state index contributed by atoms with van der Waals surface area (Å²) >= 11 is 0. The highest BCUT2D eigenvalue weighted by molar-refractivity contribution is 5.81. The van der Waals surface area contributed by atoms with Crippen LogP contribution >= 0.6 is 0 Å². The molecule has 3 N–H and O–H groups in total. The SMILES string of the molecule is CCN(CC(=O)O)C(=O)CCC(CCN)C(C)C. The van der Waals surface area contributed by atoms with Crippen molar-refractivity contribution < 1.29 is 14.7 Å². The van der Waals surface area contributed by atoms with Crippen molar-refractivity contribution in [1.82, 2.24) is 4.90 Å². The van der Waals surface area contributed by atoms with Crippen LogP contribution in [-0.2, 0) is 9.59 Å². The van der Waals surface area contributed by atoms with Crippen LogP contribution in [0.25, 0.3) is 0 Å². The molecule has 5 heteroatoms. The van der Waals surface area contributed by atoms with Crippen LogP contribution in [0.3, 0.4) is 0 Å². The molecule has 0 saturated carbocycles. The van der Waals surface area contributed by atoms with Gasteiger partial charge in [0, 0.05) is 13.0 Å². The molecular weight excluding hydrogens is 232 g/mol. The van der Waals surface area contributed by atoms with Crippen molar-refractivity contribution in [2.45, 2.75) is 40.0 Å². The quantitative estimate of drug-likeness (QED) is 0.653. The Morgan fingerprint density at radius 3 is 2.28 bits per heavy atom. The monoisotopic (exact) mass is 258 g/mol. The summed E-state index contributed by atoms with van der Waals surface area (Å²) in [7, 11) is 0. The van der Waals surface area contributed by atoms with E-state index in [4.69, 9.17) is 10.8 Å². The van der Waals surface area contributed by atoms with E-state index in [9.17, 15) is 9.59 Å². The lowest BCUT2D eigenvalue weighted by Crippen LogP contribution is -2.35. The molecule has 1 atom stereocenters. The van der Waals surface area contributed by atoms with E-state index >= 15 is 0 Å². The third-order valence-electron chi connectivity index (χ3n) is 3.27. The fourth-order valence-corrected chi connectivity index (χ4v) is 2.03. The summed E-state index contributed by atoms with van der Waals surface area (Å²) in [6.45, 7) is 6.90. The minimum Gasteiger partial charge on any atom is -0.480 e. The largest absolute Gasteiger partial charge is 0.480 e. The normalized spacial score (nSPS) is 12.5. The lowest BCUT2D eigenvalue weighted by atomic mass is 9.88. The highest BCUT2D eigenvalue weighted by Crippen LogP contribution is 2.20. The number of likely N-dealkylation sites (N-methyl/N-ethyl adjacent to an activating group) is 1. The van der Waals surface area contributed by atoms with Crippen LogP contribution in [0.15, 0.2) is 0 Å². The minimum absolute atomic E-state index is 0.0810. The van der Waals surface area contributed by atoms with Gasteiger partial charge in [0.05, 0.1) is 0 Å². The third-order valence-corrected chi connectivity index (χ3v) is 3.27. The van der Waals surface area contributed by atoms with Crippen LogP contribution in [0.4, 0.5) is 0 Å². The molecule has 0 bridgehead atoms. The number of carboxylic acids is 1. The Bertz CT molecular complexity index is 267. The van der Waals surface area contributed by atoms with Crippen LogP contribution in [-0.4, -0.2) is 41.5 Å². The maximum absolute atomic E-state index is 11.9. The van der Waals surface area contributed by atoms with Crippen molar-refractivity contribution in [2.24, 2.45) is 17.6 Å². The molecule has 0 aromatic rings. The van der Waals surface area contributed by atoms with E-state index in [-0.39, 0.29) is 12.5 Å². The summed E-state index contributed by atoms with van der Waals surface area (Å²) in [5, 5.41) is 8.70. The van der Waals surface area contributed by atoms with E-state index in [1.54, 1.807) is 6.92 Å². The molecule has 0 fully saturated rings. The highest BCUT2D eigenvalue weighted by atomic mass is 16.4. The van der Waals surface area contributed by atoms with Gasteiger partial charge in [0.25, 0.3) is 0 Å². The van der Waals surface area contributed by atoms with Crippen molar-refractivity contribution >= 4 is 11.9 Å². The smallest absolute Gasteiger partial charge is 0.323 e. The number of carbonyl (C=O) groups is 2. The molecule has 0 radical (unpaired) electrons. The Kier molecular flexibility index (Phi) is 8.37. The van der Waals surface area contributed by atoms with Gasteiger partial charge in [-0.15, -0.1) is 0 Å². The lowest BCUT2D eigenvalue weighted by Gasteiger charge is -2.23. The number of nitrogens with two attached hydrogens (primary N) is 1. The minimum atomic E-state index is -0.965. The van der Waals surface area contributed by atoms with Gasteiger partial charge in [-0.05, 0) is 38.1 Å². The van der Waals surface area contributed by atoms with Gasteiger partial charge in [-0.2, -0.15) is 0 Å². The summed E-state index contributed by atoms with van der Waals surface area (Å²) in [6, 6.07) is 0. The van der Waals surface area contributed by atoms with Crippen LogP contribution in [0, 0.1) is 11.8 Å². The van der Waals surface area contributed by atoms with Gasteiger partial charge in [0.2, 0.25) is 5.91 Å². The molecule has 0 aliphatic rings. The number of nitrogens with zero attached hydrogens (tertiary/aromatic N) is 1. The van der Waals surface area contributed by atoms with Gasteiger partial charge >= 0.3 is 5.97 Å². The number of carboxylic acid groups (broad SMARTS) is 1. The molecule has 0 spiro atoms. The van der Waals surface area contributed by atoms with E-state index in [1.807, 2.05) is 0 Å². The molecule has 0 saturated heterocycles. The van der Waals surface area contributed by atoms with E-state index in [2.05, 4.69) is 13.8 Å². The van der Waals surface area contributed by atoms with Crippen molar-refractivity contribution in [1.29, 1.82) is 0 Å². The molecule has 0 rings (SSSR count). The Labute approximate surface area is 109 Å². The Morgan fingerprint density at radius 1 is 1.28 bits per heavy atom. The molecule has 0 aliphatic carbocycles. The first-order valence-electron chi connectivity index (χ1n) is 6.61. The second kappa shape index (κ2) is 8.91. The second-order valence-corrected chi connectivity index (χ2v) is 4.92. The van der Waals surface area contributed by atoms with Gasteiger partial charge < -0.3 is 15.7 Å². The van der Waals surface area contributed by atoms with Crippen LogP contribution in [0.1, 0.15) is 40.0 Å². The Balaban J connectivity index is 4.23. The number of rotatable bonds is 9. The number of hydrogen-bond donors (Lipinski definition) is 2. The molecule has 0 aromatic heterocycles.